The van der Waals surface area contributed by atoms with Crippen molar-refractivity contribution < 1.29 is 4.52 Å². The maximum absolute atomic E-state index is 5.52. The Morgan fingerprint density at radius 2 is 1.81 bits per heavy atom. The zero-order chi connectivity index (χ0) is 18.1. The highest BCUT2D eigenvalue weighted by Crippen LogP contribution is 2.31. The van der Waals surface area contributed by atoms with Crippen molar-refractivity contribution in [2.45, 2.75) is 13.0 Å². The average molecular weight is 356 g/mol. The second kappa shape index (κ2) is 6.60. The molecule has 4 aromatic rings. The third-order valence-corrected chi connectivity index (χ3v) is 4.72. The molecule has 0 aliphatic carbocycles. The lowest BCUT2D eigenvalue weighted by molar-refractivity contribution is 0.432. The number of hydrogen-bond acceptors (Lipinski definition) is 7. The molecular weight excluding hydrogens is 340 g/mol. The summed E-state index contributed by atoms with van der Waals surface area (Å²) in [5.74, 6) is 1.74. The van der Waals surface area contributed by atoms with Crippen LogP contribution in [0.25, 0.3) is 22.8 Å². The maximum atomic E-state index is 5.52. The Morgan fingerprint density at radius 3 is 2.70 bits per heavy atom. The zero-order valence-electron chi connectivity index (χ0n) is 14.5. The standard InChI is InChI=1S/C20H16N6O/c1-2-4-16-12-26(10-7-14(16)3-1)19-17(11-22-13-23-19)20-24-18(25-27-20)15-5-8-21-9-6-15/h1-6,8-9,11,13H,7,10,12H2. The molecule has 27 heavy (non-hydrogen) atoms. The first-order chi connectivity index (χ1) is 13.4. The number of fused-ring (bicyclic) bond motifs is 1. The van der Waals surface area contributed by atoms with E-state index in [0.29, 0.717) is 11.7 Å². The Kier molecular flexibility index (Phi) is 3.82. The van der Waals surface area contributed by atoms with E-state index in [1.165, 1.54) is 11.1 Å². The number of anilines is 1. The Balaban J connectivity index is 1.50. The van der Waals surface area contributed by atoms with Crippen LogP contribution in [0.5, 0.6) is 0 Å². The van der Waals surface area contributed by atoms with Crippen molar-refractivity contribution in [3.05, 3.63) is 72.4 Å². The van der Waals surface area contributed by atoms with E-state index < -0.39 is 0 Å². The molecule has 0 spiro atoms. The van der Waals surface area contributed by atoms with E-state index in [4.69, 9.17) is 4.52 Å². The molecule has 0 amide bonds. The minimum absolute atomic E-state index is 0.413. The van der Waals surface area contributed by atoms with Crippen LogP contribution in [0, 0.1) is 0 Å². The highest BCUT2D eigenvalue weighted by Gasteiger charge is 2.23. The summed E-state index contributed by atoms with van der Waals surface area (Å²) < 4.78 is 5.52. The fourth-order valence-corrected chi connectivity index (χ4v) is 3.35. The van der Waals surface area contributed by atoms with Gasteiger partial charge < -0.3 is 9.42 Å². The second-order valence-electron chi connectivity index (χ2n) is 6.36. The smallest absolute Gasteiger partial charge is 0.263 e. The molecule has 0 saturated carbocycles. The van der Waals surface area contributed by atoms with Crippen molar-refractivity contribution in [3.8, 4) is 22.8 Å². The first-order valence-electron chi connectivity index (χ1n) is 8.75. The summed E-state index contributed by atoms with van der Waals surface area (Å²) in [6, 6.07) is 12.2. The molecule has 7 heteroatoms. The third-order valence-electron chi connectivity index (χ3n) is 4.72. The second-order valence-corrected chi connectivity index (χ2v) is 6.36. The van der Waals surface area contributed by atoms with Crippen LogP contribution >= 0.6 is 0 Å². The van der Waals surface area contributed by atoms with Crippen LogP contribution in [-0.4, -0.2) is 31.6 Å². The van der Waals surface area contributed by atoms with Gasteiger partial charge in [-0.05, 0) is 29.7 Å². The Bertz CT molecular complexity index is 1080. The molecule has 1 aliphatic rings. The fraction of sp³-hybridized carbons (Fsp3) is 0.150. The summed E-state index contributed by atoms with van der Waals surface area (Å²) in [7, 11) is 0. The van der Waals surface area contributed by atoms with Crippen LogP contribution in [0.4, 0.5) is 5.82 Å². The molecule has 5 rings (SSSR count). The van der Waals surface area contributed by atoms with Crippen LogP contribution in [0.2, 0.25) is 0 Å². The number of benzene rings is 1. The van der Waals surface area contributed by atoms with Crippen molar-refractivity contribution in [2.75, 3.05) is 11.4 Å². The molecule has 0 N–H and O–H groups in total. The van der Waals surface area contributed by atoms with Gasteiger partial charge in [0.05, 0.1) is 0 Å². The molecular formula is C20H16N6O. The SMILES string of the molecule is c1ccc2c(c1)CCN(c1ncncc1-c1nc(-c3ccncc3)no1)C2. The normalized spacial score (nSPS) is 13.4. The summed E-state index contributed by atoms with van der Waals surface area (Å²) in [4.78, 5) is 19.5. The lowest BCUT2D eigenvalue weighted by Gasteiger charge is -2.30. The van der Waals surface area contributed by atoms with Crippen molar-refractivity contribution in [1.29, 1.82) is 0 Å². The first-order valence-corrected chi connectivity index (χ1v) is 8.75. The Labute approximate surface area is 155 Å². The summed E-state index contributed by atoms with van der Waals surface area (Å²) in [5, 5.41) is 4.10. The van der Waals surface area contributed by atoms with Gasteiger partial charge in [0.25, 0.3) is 5.89 Å². The molecule has 132 valence electrons. The van der Waals surface area contributed by atoms with Crippen LogP contribution in [0.15, 0.2) is 65.8 Å². The van der Waals surface area contributed by atoms with E-state index in [2.05, 4.69) is 54.3 Å². The number of aromatic nitrogens is 5. The minimum atomic E-state index is 0.413. The Morgan fingerprint density at radius 1 is 0.963 bits per heavy atom. The first kappa shape index (κ1) is 15.6. The van der Waals surface area contributed by atoms with E-state index in [9.17, 15) is 0 Å². The number of pyridine rings is 1. The largest absolute Gasteiger partial charge is 0.351 e. The molecule has 0 fully saturated rings. The molecule has 0 saturated heterocycles. The molecule has 3 aromatic heterocycles. The highest BCUT2D eigenvalue weighted by molar-refractivity contribution is 5.70. The predicted molar refractivity (Wildman–Crippen MR) is 99.8 cm³/mol. The van der Waals surface area contributed by atoms with Gasteiger partial charge in [0.1, 0.15) is 17.7 Å². The van der Waals surface area contributed by atoms with Crippen LogP contribution < -0.4 is 4.90 Å². The molecule has 0 radical (unpaired) electrons. The molecule has 7 nitrogen and oxygen atoms in total. The van der Waals surface area contributed by atoms with Crippen molar-refractivity contribution in [1.82, 2.24) is 25.1 Å². The zero-order valence-corrected chi connectivity index (χ0v) is 14.5. The number of nitrogens with zero attached hydrogens (tertiary/aromatic N) is 6. The summed E-state index contributed by atoms with van der Waals surface area (Å²) >= 11 is 0. The topological polar surface area (TPSA) is 80.8 Å². The molecule has 4 heterocycles. The van der Waals surface area contributed by atoms with E-state index in [0.717, 1.165) is 36.5 Å². The van der Waals surface area contributed by atoms with Crippen molar-refractivity contribution >= 4 is 5.82 Å². The lowest BCUT2D eigenvalue weighted by atomic mass is 10.00. The monoisotopic (exact) mass is 356 g/mol. The van der Waals surface area contributed by atoms with Gasteiger partial charge in [-0.15, -0.1) is 0 Å². The molecule has 1 aliphatic heterocycles. The van der Waals surface area contributed by atoms with Gasteiger partial charge in [-0.2, -0.15) is 4.98 Å². The predicted octanol–water partition coefficient (Wildman–Crippen LogP) is 3.15. The van der Waals surface area contributed by atoms with Crippen LogP contribution in [0.1, 0.15) is 11.1 Å². The third kappa shape index (κ3) is 2.93. The molecule has 0 unspecified atom stereocenters. The van der Waals surface area contributed by atoms with Gasteiger partial charge in [-0.25, -0.2) is 9.97 Å². The fourth-order valence-electron chi connectivity index (χ4n) is 3.35. The van der Waals surface area contributed by atoms with Gasteiger partial charge in [0.2, 0.25) is 5.82 Å². The van der Waals surface area contributed by atoms with E-state index in [1.807, 2.05) is 12.1 Å². The maximum Gasteiger partial charge on any atom is 0.263 e. The summed E-state index contributed by atoms with van der Waals surface area (Å²) in [6.45, 7) is 1.68. The van der Waals surface area contributed by atoms with Gasteiger partial charge in [-0.3, -0.25) is 4.98 Å². The number of hydrogen-bond donors (Lipinski definition) is 0. The van der Waals surface area contributed by atoms with E-state index in [1.54, 1.807) is 24.9 Å². The van der Waals surface area contributed by atoms with E-state index in [-0.39, 0.29) is 0 Å². The van der Waals surface area contributed by atoms with Crippen molar-refractivity contribution in [3.63, 3.8) is 0 Å². The van der Waals surface area contributed by atoms with Gasteiger partial charge in [0.15, 0.2) is 0 Å². The quantitative estimate of drug-likeness (QED) is 0.558. The highest BCUT2D eigenvalue weighted by atomic mass is 16.5. The van der Waals surface area contributed by atoms with Crippen LogP contribution in [-0.2, 0) is 13.0 Å². The van der Waals surface area contributed by atoms with Crippen LogP contribution in [0.3, 0.4) is 0 Å². The summed E-state index contributed by atoms with van der Waals surface area (Å²) in [5.41, 5.74) is 4.30. The minimum Gasteiger partial charge on any atom is -0.351 e. The molecule has 0 atom stereocenters. The molecule has 1 aromatic carbocycles. The van der Waals surface area contributed by atoms with Crippen molar-refractivity contribution in [2.24, 2.45) is 0 Å². The van der Waals surface area contributed by atoms with E-state index >= 15 is 0 Å². The summed E-state index contributed by atoms with van der Waals surface area (Å²) in [6.07, 6.45) is 7.67. The van der Waals surface area contributed by atoms with Gasteiger partial charge in [-0.1, -0.05) is 29.4 Å². The number of rotatable bonds is 3. The average Bonchev–Trinajstić information content (AvgIpc) is 3.24. The van der Waals surface area contributed by atoms with Gasteiger partial charge >= 0.3 is 0 Å². The Hall–Kier alpha value is -3.61. The van der Waals surface area contributed by atoms with Gasteiger partial charge in [0, 0.05) is 37.2 Å². The molecule has 0 bridgehead atoms. The lowest BCUT2D eigenvalue weighted by Crippen LogP contribution is -2.31.